The molecule has 1 aromatic carbocycles. The van der Waals surface area contributed by atoms with Crippen molar-refractivity contribution in [2.24, 2.45) is 7.05 Å². The Bertz CT molecular complexity index is 1140. The number of carbonyl (C=O) groups is 1. The van der Waals surface area contributed by atoms with Gasteiger partial charge in [-0.25, -0.2) is 4.79 Å². The Hall–Kier alpha value is -3.75. The smallest absolute Gasteiger partial charge is 0.349 e. The van der Waals surface area contributed by atoms with Gasteiger partial charge in [-0.3, -0.25) is 14.8 Å². The first-order chi connectivity index (χ1) is 12.1. The van der Waals surface area contributed by atoms with Crippen LogP contribution in [0.4, 0.5) is 6.01 Å². The van der Waals surface area contributed by atoms with Crippen molar-refractivity contribution < 1.29 is 13.6 Å². The third-order valence-corrected chi connectivity index (χ3v) is 3.57. The molecule has 0 fully saturated rings. The van der Waals surface area contributed by atoms with Gasteiger partial charge in [0, 0.05) is 18.6 Å². The number of rotatable bonds is 3. The van der Waals surface area contributed by atoms with E-state index in [0.717, 1.165) is 0 Å². The third kappa shape index (κ3) is 2.67. The van der Waals surface area contributed by atoms with E-state index < -0.39 is 11.5 Å². The average Bonchev–Trinajstić information content (AvgIpc) is 3.22. The zero-order valence-corrected chi connectivity index (χ0v) is 13.0. The Morgan fingerprint density at radius 1 is 1.16 bits per heavy atom. The topological polar surface area (TPSA) is 116 Å². The second-order valence-corrected chi connectivity index (χ2v) is 5.19. The molecular weight excluding hydrogens is 326 g/mol. The van der Waals surface area contributed by atoms with Crippen LogP contribution in [-0.4, -0.2) is 25.9 Å². The molecule has 0 aliphatic heterocycles. The number of nitrogens with zero attached hydrogens (tertiary/aromatic N) is 4. The predicted molar refractivity (Wildman–Crippen MR) is 86.9 cm³/mol. The van der Waals surface area contributed by atoms with E-state index in [2.05, 4.69) is 20.6 Å². The van der Waals surface area contributed by atoms with Crippen molar-refractivity contribution in [2.45, 2.75) is 0 Å². The van der Waals surface area contributed by atoms with Gasteiger partial charge in [0.2, 0.25) is 0 Å². The highest BCUT2D eigenvalue weighted by atomic mass is 16.4. The highest BCUT2D eigenvalue weighted by Gasteiger charge is 2.18. The number of hydrogen-bond acceptors (Lipinski definition) is 7. The third-order valence-electron chi connectivity index (χ3n) is 3.57. The van der Waals surface area contributed by atoms with Crippen LogP contribution in [0.3, 0.4) is 0 Å². The summed E-state index contributed by atoms with van der Waals surface area (Å²) >= 11 is 0. The van der Waals surface area contributed by atoms with E-state index in [0.29, 0.717) is 16.7 Å². The largest absolute Gasteiger partial charge is 0.422 e. The van der Waals surface area contributed by atoms with Crippen LogP contribution < -0.4 is 10.9 Å². The summed E-state index contributed by atoms with van der Waals surface area (Å²) in [5.41, 5.74) is 0.0973. The first-order valence-corrected chi connectivity index (χ1v) is 7.28. The van der Waals surface area contributed by atoms with Crippen molar-refractivity contribution in [1.29, 1.82) is 0 Å². The molecule has 0 bridgehead atoms. The van der Waals surface area contributed by atoms with Gasteiger partial charge >= 0.3 is 11.6 Å². The summed E-state index contributed by atoms with van der Waals surface area (Å²) in [6.45, 7) is 0. The number of carbonyl (C=O) groups excluding carboxylic acids is 1. The van der Waals surface area contributed by atoms with E-state index >= 15 is 0 Å². The lowest BCUT2D eigenvalue weighted by molar-refractivity contribution is 0.102. The summed E-state index contributed by atoms with van der Waals surface area (Å²) in [5, 5.41) is 14.6. The van der Waals surface area contributed by atoms with Gasteiger partial charge in [0.15, 0.2) is 0 Å². The zero-order chi connectivity index (χ0) is 17.4. The summed E-state index contributed by atoms with van der Waals surface area (Å²) in [4.78, 5) is 24.3. The van der Waals surface area contributed by atoms with E-state index in [1.807, 2.05) is 0 Å². The van der Waals surface area contributed by atoms with Gasteiger partial charge in [0.05, 0.1) is 0 Å². The van der Waals surface area contributed by atoms with Crippen molar-refractivity contribution in [3.63, 3.8) is 0 Å². The summed E-state index contributed by atoms with van der Waals surface area (Å²) < 4.78 is 12.1. The Morgan fingerprint density at radius 3 is 2.80 bits per heavy atom. The monoisotopic (exact) mass is 337 g/mol. The van der Waals surface area contributed by atoms with Crippen molar-refractivity contribution in [2.75, 3.05) is 5.32 Å². The standard InChI is InChI=1S/C16H11N5O4/c1-21-11(6-7-17-21)14-19-20-16(25-14)18-13(22)10-8-9-4-2-3-5-12(9)24-15(10)23/h2-8H,1H3,(H,18,20,22). The molecule has 25 heavy (non-hydrogen) atoms. The van der Waals surface area contributed by atoms with Gasteiger partial charge < -0.3 is 8.83 Å². The maximum atomic E-state index is 12.3. The van der Waals surface area contributed by atoms with Crippen LogP contribution in [0.5, 0.6) is 0 Å². The van der Waals surface area contributed by atoms with Crippen molar-refractivity contribution >= 4 is 22.9 Å². The zero-order valence-electron chi connectivity index (χ0n) is 13.0. The van der Waals surface area contributed by atoms with Gasteiger partial charge in [0.1, 0.15) is 16.8 Å². The summed E-state index contributed by atoms with van der Waals surface area (Å²) in [5.74, 6) is -0.499. The fourth-order valence-corrected chi connectivity index (χ4v) is 2.35. The van der Waals surface area contributed by atoms with Crippen LogP contribution in [-0.2, 0) is 7.05 Å². The minimum absolute atomic E-state index is 0.131. The number of para-hydroxylation sites is 1. The molecule has 1 amide bonds. The fraction of sp³-hybridized carbons (Fsp3) is 0.0625. The molecule has 0 saturated carbocycles. The minimum Gasteiger partial charge on any atom is -0.422 e. The molecule has 1 N–H and O–H groups in total. The van der Waals surface area contributed by atoms with Crippen molar-refractivity contribution in [3.05, 3.63) is 58.6 Å². The molecule has 3 aromatic heterocycles. The molecule has 124 valence electrons. The molecule has 0 radical (unpaired) electrons. The van der Waals surface area contributed by atoms with Crippen LogP contribution in [0.2, 0.25) is 0 Å². The van der Waals surface area contributed by atoms with E-state index in [1.54, 1.807) is 48.3 Å². The van der Waals surface area contributed by atoms with Gasteiger partial charge in [-0.05, 0) is 18.2 Å². The van der Waals surface area contributed by atoms with Gasteiger partial charge in [-0.2, -0.15) is 5.10 Å². The molecule has 0 spiro atoms. The number of nitrogens with one attached hydrogen (secondary N) is 1. The first kappa shape index (κ1) is 14.8. The fourth-order valence-electron chi connectivity index (χ4n) is 2.35. The van der Waals surface area contributed by atoms with Crippen molar-refractivity contribution in [1.82, 2.24) is 20.0 Å². The van der Waals surface area contributed by atoms with Gasteiger partial charge in [-0.15, -0.1) is 5.10 Å². The number of anilines is 1. The van der Waals surface area contributed by atoms with Crippen molar-refractivity contribution in [3.8, 4) is 11.6 Å². The number of hydrogen-bond donors (Lipinski definition) is 1. The summed E-state index contributed by atoms with van der Waals surface area (Å²) in [7, 11) is 1.72. The van der Waals surface area contributed by atoms with Crippen LogP contribution >= 0.6 is 0 Å². The van der Waals surface area contributed by atoms with E-state index in [4.69, 9.17) is 8.83 Å². The number of aromatic nitrogens is 4. The Balaban J connectivity index is 1.63. The molecule has 0 saturated heterocycles. The lowest BCUT2D eigenvalue weighted by Gasteiger charge is -2.01. The lowest BCUT2D eigenvalue weighted by atomic mass is 10.2. The molecule has 9 heteroatoms. The van der Waals surface area contributed by atoms with Gasteiger partial charge in [0.25, 0.3) is 11.8 Å². The highest BCUT2D eigenvalue weighted by molar-refractivity contribution is 6.04. The molecule has 3 heterocycles. The quantitative estimate of drug-likeness (QED) is 0.567. The van der Waals surface area contributed by atoms with E-state index in [9.17, 15) is 9.59 Å². The molecule has 0 atom stereocenters. The number of amides is 1. The average molecular weight is 337 g/mol. The molecule has 0 unspecified atom stereocenters. The minimum atomic E-state index is -0.748. The molecule has 4 aromatic rings. The van der Waals surface area contributed by atoms with E-state index in [1.165, 1.54) is 6.07 Å². The summed E-state index contributed by atoms with van der Waals surface area (Å²) in [6, 6.07) is 9.92. The second-order valence-electron chi connectivity index (χ2n) is 5.19. The lowest BCUT2D eigenvalue weighted by Crippen LogP contribution is -2.20. The molecular formula is C16H11N5O4. The van der Waals surface area contributed by atoms with Crippen LogP contribution in [0.15, 0.2) is 56.2 Å². The summed E-state index contributed by atoms with van der Waals surface area (Å²) in [6.07, 6.45) is 1.58. The molecule has 0 aliphatic carbocycles. The molecule has 9 nitrogen and oxygen atoms in total. The Labute approximate surface area is 139 Å². The van der Waals surface area contributed by atoms with Crippen LogP contribution in [0.25, 0.3) is 22.6 Å². The first-order valence-electron chi connectivity index (χ1n) is 7.28. The number of fused-ring (bicyclic) bond motifs is 1. The van der Waals surface area contributed by atoms with Gasteiger partial charge in [-0.1, -0.05) is 23.3 Å². The molecule has 4 rings (SSSR count). The van der Waals surface area contributed by atoms with Crippen LogP contribution in [0.1, 0.15) is 10.4 Å². The van der Waals surface area contributed by atoms with Crippen LogP contribution in [0, 0.1) is 0 Å². The number of benzene rings is 1. The Morgan fingerprint density at radius 2 is 2.00 bits per heavy atom. The Kier molecular flexibility index (Phi) is 3.38. The number of aryl methyl sites for hydroxylation is 1. The maximum absolute atomic E-state index is 12.3. The predicted octanol–water partition coefficient (Wildman–Crippen LogP) is 1.83. The second kappa shape index (κ2) is 5.71. The highest BCUT2D eigenvalue weighted by Crippen LogP contribution is 2.19. The maximum Gasteiger partial charge on any atom is 0.349 e. The molecule has 0 aliphatic rings. The normalized spacial score (nSPS) is 10.9. The van der Waals surface area contributed by atoms with E-state index in [-0.39, 0.29) is 17.5 Å². The SMILES string of the molecule is Cn1nccc1-c1nnc(NC(=O)c2cc3ccccc3oc2=O)o1.